The number of carbonyl (C=O) groups excluding carboxylic acids is 1. The molecule has 1 fully saturated rings. The van der Waals surface area contributed by atoms with Crippen LogP contribution in [-0.4, -0.2) is 18.5 Å². The van der Waals surface area contributed by atoms with Gasteiger partial charge in [-0.15, -0.1) is 0 Å². The molecule has 0 aromatic carbocycles. The maximum Gasteiger partial charge on any atom is 0.224 e. The molecule has 1 rings (SSSR count). The van der Waals surface area contributed by atoms with Gasteiger partial charge in [-0.25, -0.2) is 0 Å². The normalized spacial score (nSPS) is 21.3. The highest BCUT2D eigenvalue weighted by molar-refractivity contribution is 5.79. The Kier molecular flexibility index (Phi) is 5.09. The van der Waals surface area contributed by atoms with Gasteiger partial charge in [0.1, 0.15) is 0 Å². The van der Waals surface area contributed by atoms with Crippen molar-refractivity contribution in [3.8, 4) is 0 Å². The maximum absolute atomic E-state index is 11.8. The fraction of sp³-hybridized carbons (Fsp3) is 0.917. The van der Waals surface area contributed by atoms with Crippen LogP contribution in [0.1, 0.15) is 46.0 Å². The highest BCUT2D eigenvalue weighted by atomic mass is 16.1. The standard InChI is InChI=1S/C12H24N2O/c1-3-10(8-13)12(15)14-9(2)11-6-4-5-7-11/h9-11H,3-8,13H2,1-2H3,(H,14,15)/t9-,10?/m0/s1. The van der Waals surface area contributed by atoms with E-state index in [4.69, 9.17) is 5.73 Å². The number of hydrogen-bond acceptors (Lipinski definition) is 2. The fourth-order valence-electron chi connectivity index (χ4n) is 2.38. The molecule has 1 aliphatic rings. The Bertz CT molecular complexity index is 196. The number of rotatable bonds is 5. The molecule has 3 heteroatoms. The highest BCUT2D eigenvalue weighted by Crippen LogP contribution is 2.27. The zero-order valence-electron chi connectivity index (χ0n) is 9.96. The Morgan fingerprint density at radius 3 is 2.53 bits per heavy atom. The van der Waals surface area contributed by atoms with Crippen molar-refractivity contribution in [3.05, 3.63) is 0 Å². The summed E-state index contributed by atoms with van der Waals surface area (Å²) in [5.41, 5.74) is 5.55. The number of carbonyl (C=O) groups is 1. The Morgan fingerprint density at radius 1 is 1.47 bits per heavy atom. The van der Waals surface area contributed by atoms with Crippen molar-refractivity contribution in [3.63, 3.8) is 0 Å². The van der Waals surface area contributed by atoms with E-state index in [9.17, 15) is 4.79 Å². The van der Waals surface area contributed by atoms with Gasteiger partial charge in [0.25, 0.3) is 0 Å². The summed E-state index contributed by atoms with van der Waals surface area (Å²) in [6.45, 7) is 4.59. The number of amides is 1. The summed E-state index contributed by atoms with van der Waals surface area (Å²) in [5, 5.41) is 3.10. The summed E-state index contributed by atoms with van der Waals surface area (Å²) >= 11 is 0. The first-order valence-electron chi connectivity index (χ1n) is 6.19. The van der Waals surface area contributed by atoms with Crippen molar-refractivity contribution >= 4 is 5.91 Å². The van der Waals surface area contributed by atoms with E-state index in [0.29, 0.717) is 18.5 Å². The Morgan fingerprint density at radius 2 is 2.07 bits per heavy atom. The van der Waals surface area contributed by atoms with E-state index in [0.717, 1.165) is 6.42 Å². The summed E-state index contributed by atoms with van der Waals surface area (Å²) in [5.74, 6) is 0.817. The highest BCUT2D eigenvalue weighted by Gasteiger charge is 2.24. The van der Waals surface area contributed by atoms with Gasteiger partial charge in [0, 0.05) is 18.5 Å². The lowest BCUT2D eigenvalue weighted by Gasteiger charge is -2.22. The van der Waals surface area contributed by atoms with Gasteiger partial charge in [0.15, 0.2) is 0 Å². The average molecular weight is 212 g/mol. The topological polar surface area (TPSA) is 55.1 Å². The van der Waals surface area contributed by atoms with Crippen LogP contribution in [-0.2, 0) is 4.79 Å². The van der Waals surface area contributed by atoms with Crippen LogP contribution < -0.4 is 11.1 Å². The molecule has 1 aliphatic carbocycles. The van der Waals surface area contributed by atoms with Gasteiger partial charge in [0.05, 0.1) is 0 Å². The van der Waals surface area contributed by atoms with E-state index in [-0.39, 0.29) is 11.8 Å². The monoisotopic (exact) mass is 212 g/mol. The van der Waals surface area contributed by atoms with Gasteiger partial charge >= 0.3 is 0 Å². The van der Waals surface area contributed by atoms with E-state index in [1.807, 2.05) is 6.92 Å². The van der Waals surface area contributed by atoms with E-state index in [1.54, 1.807) is 0 Å². The number of nitrogens with two attached hydrogens (primary N) is 1. The van der Waals surface area contributed by atoms with Crippen molar-refractivity contribution in [2.75, 3.05) is 6.54 Å². The SMILES string of the molecule is CCC(CN)C(=O)N[C@@H](C)C1CCCC1. The van der Waals surface area contributed by atoms with Crippen LogP contribution in [0.4, 0.5) is 0 Å². The molecule has 0 heterocycles. The minimum atomic E-state index is -0.00569. The number of nitrogens with one attached hydrogen (secondary N) is 1. The lowest BCUT2D eigenvalue weighted by molar-refractivity contribution is -0.125. The van der Waals surface area contributed by atoms with E-state index in [1.165, 1.54) is 25.7 Å². The Hall–Kier alpha value is -0.570. The van der Waals surface area contributed by atoms with Crippen LogP contribution in [0.25, 0.3) is 0 Å². The van der Waals surface area contributed by atoms with Gasteiger partial charge in [-0.05, 0) is 32.1 Å². The van der Waals surface area contributed by atoms with Crippen molar-refractivity contribution in [1.82, 2.24) is 5.32 Å². The fourth-order valence-corrected chi connectivity index (χ4v) is 2.38. The Balaban J connectivity index is 2.35. The lowest BCUT2D eigenvalue weighted by atomic mass is 9.98. The molecule has 1 amide bonds. The molecule has 88 valence electrons. The molecule has 0 spiro atoms. The van der Waals surface area contributed by atoms with Crippen molar-refractivity contribution < 1.29 is 4.79 Å². The molecule has 0 saturated heterocycles. The molecule has 1 unspecified atom stereocenters. The molecule has 0 aliphatic heterocycles. The van der Waals surface area contributed by atoms with Crippen LogP contribution >= 0.6 is 0 Å². The zero-order chi connectivity index (χ0) is 11.3. The summed E-state index contributed by atoms with van der Waals surface area (Å²) < 4.78 is 0. The Labute approximate surface area is 92.8 Å². The molecule has 3 N–H and O–H groups in total. The van der Waals surface area contributed by atoms with Gasteiger partial charge < -0.3 is 11.1 Å². The van der Waals surface area contributed by atoms with E-state index < -0.39 is 0 Å². The van der Waals surface area contributed by atoms with Crippen molar-refractivity contribution in [2.45, 2.75) is 52.0 Å². The first-order valence-corrected chi connectivity index (χ1v) is 6.19. The second kappa shape index (κ2) is 6.11. The van der Waals surface area contributed by atoms with Gasteiger partial charge in [0.2, 0.25) is 5.91 Å². The zero-order valence-corrected chi connectivity index (χ0v) is 9.96. The van der Waals surface area contributed by atoms with E-state index in [2.05, 4.69) is 12.2 Å². The molecule has 0 bridgehead atoms. The quantitative estimate of drug-likeness (QED) is 0.728. The third-order valence-electron chi connectivity index (χ3n) is 3.62. The third-order valence-corrected chi connectivity index (χ3v) is 3.62. The smallest absolute Gasteiger partial charge is 0.224 e. The molecule has 1 saturated carbocycles. The third kappa shape index (κ3) is 3.49. The lowest BCUT2D eigenvalue weighted by Crippen LogP contribution is -2.42. The van der Waals surface area contributed by atoms with Crippen LogP contribution in [0.2, 0.25) is 0 Å². The first kappa shape index (κ1) is 12.5. The second-order valence-electron chi connectivity index (χ2n) is 4.68. The molecule has 0 aromatic rings. The van der Waals surface area contributed by atoms with Crippen LogP contribution in [0.15, 0.2) is 0 Å². The summed E-state index contributed by atoms with van der Waals surface area (Å²) in [6.07, 6.45) is 6.00. The van der Waals surface area contributed by atoms with Crippen LogP contribution in [0.5, 0.6) is 0 Å². The van der Waals surface area contributed by atoms with Crippen molar-refractivity contribution in [2.24, 2.45) is 17.6 Å². The molecule has 3 nitrogen and oxygen atoms in total. The molecule has 0 aromatic heterocycles. The number of hydrogen-bond donors (Lipinski definition) is 2. The first-order chi connectivity index (χ1) is 7.19. The summed E-state index contributed by atoms with van der Waals surface area (Å²) in [7, 11) is 0. The summed E-state index contributed by atoms with van der Waals surface area (Å²) in [6, 6.07) is 0.320. The van der Waals surface area contributed by atoms with Crippen LogP contribution in [0, 0.1) is 11.8 Å². The molecule has 2 atom stereocenters. The van der Waals surface area contributed by atoms with Gasteiger partial charge in [-0.2, -0.15) is 0 Å². The molecular weight excluding hydrogens is 188 g/mol. The van der Waals surface area contributed by atoms with Gasteiger partial charge in [-0.3, -0.25) is 4.79 Å². The van der Waals surface area contributed by atoms with Gasteiger partial charge in [-0.1, -0.05) is 19.8 Å². The maximum atomic E-state index is 11.8. The average Bonchev–Trinajstić information content (AvgIpc) is 2.72. The predicted molar refractivity (Wildman–Crippen MR) is 62.4 cm³/mol. The molecule has 0 radical (unpaired) electrons. The van der Waals surface area contributed by atoms with E-state index >= 15 is 0 Å². The molecule has 15 heavy (non-hydrogen) atoms. The summed E-state index contributed by atoms with van der Waals surface area (Å²) in [4.78, 5) is 11.8. The van der Waals surface area contributed by atoms with Crippen LogP contribution in [0.3, 0.4) is 0 Å². The molecular formula is C12H24N2O. The largest absolute Gasteiger partial charge is 0.353 e. The predicted octanol–water partition coefficient (Wildman–Crippen LogP) is 1.67. The minimum Gasteiger partial charge on any atom is -0.353 e. The second-order valence-corrected chi connectivity index (χ2v) is 4.68. The van der Waals surface area contributed by atoms with Crippen molar-refractivity contribution in [1.29, 1.82) is 0 Å². The minimum absolute atomic E-state index is 0.00569.